The first-order valence-electron chi connectivity index (χ1n) is 8.11. The van der Waals surface area contributed by atoms with Gasteiger partial charge in [-0.25, -0.2) is 0 Å². The topological polar surface area (TPSA) is 101 Å². The molecule has 3 rings (SSSR count). The van der Waals surface area contributed by atoms with Crippen molar-refractivity contribution >= 4 is 28.8 Å². The van der Waals surface area contributed by atoms with Crippen molar-refractivity contribution in [3.63, 3.8) is 0 Å². The predicted molar refractivity (Wildman–Crippen MR) is 102 cm³/mol. The van der Waals surface area contributed by atoms with Crippen LogP contribution in [0.2, 0.25) is 0 Å². The number of methoxy groups -OCH3 is 1. The molecule has 0 fully saturated rings. The van der Waals surface area contributed by atoms with E-state index >= 15 is 0 Å². The smallest absolute Gasteiger partial charge is 0.313 e. The molecule has 0 radical (unpaired) electrons. The number of benzene rings is 1. The summed E-state index contributed by atoms with van der Waals surface area (Å²) in [4.78, 5) is 24.0. The second kappa shape index (κ2) is 8.52. The summed E-state index contributed by atoms with van der Waals surface area (Å²) < 4.78 is 10.7. The summed E-state index contributed by atoms with van der Waals surface area (Å²) in [5.41, 5.74) is 1.30. The number of rotatable bonds is 6. The van der Waals surface area contributed by atoms with Crippen LogP contribution in [0.3, 0.4) is 0 Å². The van der Waals surface area contributed by atoms with E-state index < -0.39 is 17.9 Å². The number of furan rings is 1. The van der Waals surface area contributed by atoms with E-state index in [-0.39, 0.29) is 6.54 Å². The number of para-hydroxylation sites is 2. The van der Waals surface area contributed by atoms with E-state index in [0.29, 0.717) is 23.0 Å². The van der Waals surface area contributed by atoms with Crippen molar-refractivity contribution in [3.05, 3.63) is 59.0 Å². The fraction of sp³-hybridized carbons (Fsp3) is 0.158. The van der Waals surface area contributed by atoms with E-state index in [1.165, 1.54) is 18.4 Å². The third-order valence-electron chi connectivity index (χ3n) is 3.78. The maximum absolute atomic E-state index is 12.0. The molecule has 8 heteroatoms. The number of anilines is 1. The zero-order valence-corrected chi connectivity index (χ0v) is 15.3. The van der Waals surface area contributed by atoms with Crippen LogP contribution >= 0.6 is 11.3 Å². The number of amides is 2. The van der Waals surface area contributed by atoms with E-state index in [4.69, 9.17) is 9.15 Å². The molecule has 0 bridgehead atoms. The maximum Gasteiger partial charge on any atom is 0.313 e. The Hall–Kier alpha value is -3.10. The number of carbonyl (C=O) groups excluding carboxylic acids is 2. The molecule has 0 saturated heterocycles. The lowest BCUT2D eigenvalue weighted by Gasteiger charge is -2.11. The highest BCUT2D eigenvalue weighted by molar-refractivity contribution is 7.08. The molecule has 2 amide bonds. The van der Waals surface area contributed by atoms with E-state index in [2.05, 4.69) is 10.6 Å². The molecule has 3 aromatic rings. The van der Waals surface area contributed by atoms with E-state index in [1.807, 2.05) is 16.8 Å². The molecule has 0 unspecified atom stereocenters. The average Bonchev–Trinajstić information content (AvgIpc) is 3.37. The summed E-state index contributed by atoms with van der Waals surface area (Å²) in [7, 11) is 1.47. The number of ether oxygens (including phenoxy) is 1. The van der Waals surface area contributed by atoms with Gasteiger partial charge in [0.15, 0.2) is 0 Å². The van der Waals surface area contributed by atoms with Gasteiger partial charge in [-0.1, -0.05) is 12.1 Å². The van der Waals surface area contributed by atoms with Gasteiger partial charge in [0, 0.05) is 10.9 Å². The second-order valence-corrected chi connectivity index (χ2v) is 6.37. The first-order valence-corrected chi connectivity index (χ1v) is 9.05. The summed E-state index contributed by atoms with van der Waals surface area (Å²) in [6.07, 6.45) is -1.07. The summed E-state index contributed by atoms with van der Waals surface area (Å²) in [5.74, 6) is -0.350. The first-order chi connectivity index (χ1) is 13.1. The Morgan fingerprint density at radius 2 is 2.00 bits per heavy atom. The first kappa shape index (κ1) is 18.7. The minimum absolute atomic E-state index is 0.158. The fourth-order valence-corrected chi connectivity index (χ4v) is 3.03. The number of aliphatic hydroxyl groups is 1. The SMILES string of the molecule is COc1ccccc1NC(=O)C(=O)NC[C@@H](O)c1ccc(-c2ccsc2)o1. The van der Waals surface area contributed by atoms with Gasteiger partial charge < -0.3 is 24.9 Å². The van der Waals surface area contributed by atoms with Crippen molar-refractivity contribution in [2.75, 3.05) is 19.0 Å². The highest BCUT2D eigenvalue weighted by Gasteiger charge is 2.19. The minimum atomic E-state index is -1.07. The molecular weight excluding hydrogens is 368 g/mol. The molecule has 3 N–H and O–H groups in total. The molecule has 140 valence electrons. The molecule has 0 aliphatic rings. The third kappa shape index (κ3) is 4.55. The van der Waals surface area contributed by atoms with Crippen LogP contribution in [-0.2, 0) is 9.59 Å². The van der Waals surface area contributed by atoms with Crippen LogP contribution in [0.15, 0.2) is 57.6 Å². The largest absolute Gasteiger partial charge is 0.495 e. The Balaban J connectivity index is 1.54. The molecule has 2 aromatic heterocycles. The zero-order chi connectivity index (χ0) is 19.2. The van der Waals surface area contributed by atoms with Crippen LogP contribution in [0.5, 0.6) is 5.75 Å². The lowest BCUT2D eigenvalue weighted by Crippen LogP contribution is -2.37. The van der Waals surface area contributed by atoms with Gasteiger partial charge in [-0.15, -0.1) is 0 Å². The number of aliphatic hydroxyl groups excluding tert-OH is 1. The van der Waals surface area contributed by atoms with Crippen molar-refractivity contribution in [2.45, 2.75) is 6.10 Å². The van der Waals surface area contributed by atoms with Crippen molar-refractivity contribution in [3.8, 4) is 17.1 Å². The Bertz CT molecular complexity index is 920. The van der Waals surface area contributed by atoms with Gasteiger partial charge in [0.2, 0.25) is 0 Å². The summed E-state index contributed by atoms with van der Waals surface area (Å²) in [6, 6.07) is 12.0. The number of hydrogen-bond donors (Lipinski definition) is 3. The molecule has 2 heterocycles. The predicted octanol–water partition coefficient (Wildman–Crippen LogP) is 2.81. The molecule has 0 aliphatic carbocycles. The summed E-state index contributed by atoms with van der Waals surface area (Å²) in [6.45, 7) is -0.158. The van der Waals surface area contributed by atoms with Crippen molar-refractivity contribution < 1.29 is 23.8 Å². The fourth-order valence-electron chi connectivity index (χ4n) is 2.39. The van der Waals surface area contributed by atoms with Gasteiger partial charge >= 0.3 is 11.8 Å². The third-order valence-corrected chi connectivity index (χ3v) is 4.46. The summed E-state index contributed by atoms with van der Waals surface area (Å²) in [5, 5.41) is 18.9. The van der Waals surface area contributed by atoms with Crippen LogP contribution in [-0.4, -0.2) is 30.6 Å². The monoisotopic (exact) mass is 386 g/mol. The van der Waals surface area contributed by atoms with Gasteiger partial charge in [0.1, 0.15) is 23.4 Å². The van der Waals surface area contributed by atoms with E-state index in [0.717, 1.165) is 5.56 Å². The van der Waals surface area contributed by atoms with Gasteiger partial charge in [-0.3, -0.25) is 9.59 Å². The van der Waals surface area contributed by atoms with Crippen LogP contribution in [0.1, 0.15) is 11.9 Å². The number of hydrogen-bond acceptors (Lipinski definition) is 6. The van der Waals surface area contributed by atoms with Crippen LogP contribution < -0.4 is 15.4 Å². The number of carbonyl (C=O) groups is 2. The highest BCUT2D eigenvalue weighted by atomic mass is 32.1. The lowest BCUT2D eigenvalue weighted by atomic mass is 10.2. The zero-order valence-electron chi connectivity index (χ0n) is 14.5. The van der Waals surface area contributed by atoms with Gasteiger partial charge in [-0.05, 0) is 35.7 Å². The normalized spacial score (nSPS) is 11.6. The molecule has 0 aliphatic heterocycles. The Morgan fingerprint density at radius 3 is 2.74 bits per heavy atom. The minimum Gasteiger partial charge on any atom is -0.495 e. The molecule has 7 nitrogen and oxygen atoms in total. The highest BCUT2D eigenvalue weighted by Crippen LogP contribution is 2.27. The van der Waals surface area contributed by atoms with Crippen LogP contribution in [0, 0.1) is 0 Å². The van der Waals surface area contributed by atoms with Gasteiger partial charge in [0.05, 0.1) is 19.3 Å². The standard InChI is InChI=1S/C19H18N2O5S/c1-25-16-5-3-2-4-13(16)21-19(24)18(23)20-10-14(22)17-7-6-15(26-17)12-8-9-27-11-12/h2-9,11,14,22H,10H2,1H3,(H,20,23)(H,21,24)/t14-/m1/s1. The lowest BCUT2D eigenvalue weighted by molar-refractivity contribution is -0.136. The van der Waals surface area contributed by atoms with Crippen molar-refractivity contribution in [1.29, 1.82) is 0 Å². The van der Waals surface area contributed by atoms with Crippen molar-refractivity contribution in [2.24, 2.45) is 0 Å². The molecule has 1 aromatic carbocycles. The Labute approximate surface area is 159 Å². The molecule has 0 spiro atoms. The summed E-state index contributed by atoms with van der Waals surface area (Å²) >= 11 is 1.54. The number of nitrogens with one attached hydrogen (secondary N) is 2. The maximum atomic E-state index is 12.0. The molecule has 27 heavy (non-hydrogen) atoms. The van der Waals surface area contributed by atoms with E-state index in [1.54, 1.807) is 36.4 Å². The van der Waals surface area contributed by atoms with Gasteiger partial charge in [0.25, 0.3) is 0 Å². The number of thiophene rings is 1. The molecule has 1 atom stereocenters. The average molecular weight is 386 g/mol. The quantitative estimate of drug-likeness (QED) is 0.566. The van der Waals surface area contributed by atoms with Gasteiger partial charge in [-0.2, -0.15) is 11.3 Å². The molecular formula is C19H18N2O5S. The Kier molecular flexibility index (Phi) is 5.90. The van der Waals surface area contributed by atoms with E-state index in [9.17, 15) is 14.7 Å². The van der Waals surface area contributed by atoms with Crippen LogP contribution in [0.4, 0.5) is 5.69 Å². The van der Waals surface area contributed by atoms with Crippen molar-refractivity contribution in [1.82, 2.24) is 5.32 Å². The molecule has 0 saturated carbocycles. The van der Waals surface area contributed by atoms with Crippen LogP contribution in [0.25, 0.3) is 11.3 Å². The Morgan fingerprint density at radius 1 is 1.19 bits per heavy atom. The second-order valence-electron chi connectivity index (χ2n) is 5.59.